The molecule has 0 fully saturated rings. The smallest absolute Gasteiger partial charge is 0.382 e. The molecule has 266 valence electrons. The van der Waals surface area contributed by atoms with Crippen LogP contribution in [-0.4, -0.2) is 96.7 Å². The van der Waals surface area contributed by atoms with Crippen LogP contribution in [-0.2, 0) is 37.0 Å². The van der Waals surface area contributed by atoms with Crippen molar-refractivity contribution < 1.29 is 37.0 Å². The Morgan fingerprint density at radius 3 is 0.795 bits per heavy atom. The minimum atomic E-state index is -2.37. The molecule has 0 radical (unpaired) electrons. The van der Waals surface area contributed by atoms with Crippen LogP contribution < -0.4 is 0 Å². The predicted molar refractivity (Wildman–Crippen MR) is 184 cm³/mol. The number of unbranched alkanes of at least 4 members (excludes halogenated alkanes) is 17. The Bertz CT molecular complexity index is 517. The SMILES string of the molecule is COCCOCCCCCCOCCCCCCOCCCCCCOCCCCCCCCCCC[Si](OC)(OC)OC. The van der Waals surface area contributed by atoms with E-state index in [0.717, 1.165) is 71.6 Å². The van der Waals surface area contributed by atoms with Gasteiger partial charge in [0.1, 0.15) is 0 Å². The fraction of sp³-hybridized carbons (Fsp3) is 1.00. The van der Waals surface area contributed by atoms with Crippen LogP contribution in [0.2, 0.25) is 6.04 Å². The van der Waals surface area contributed by atoms with Crippen LogP contribution in [0.15, 0.2) is 0 Å². The zero-order valence-corrected chi connectivity index (χ0v) is 30.7. The molecule has 0 rings (SSSR count). The quantitative estimate of drug-likeness (QED) is 0.0483. The van der Waals surface area contributed by atoms with E-state index in [0.29, 0.717) is 13.2 Å². The fourth-order valence-electron chi connectivity index (χ4n) is 5.18. The van der Waals surface area contributed by atoms with E-state index in [1.54, 1.807) is 28.4 Å². The number of hydrogen-bond acceptors (Lipinski definition) is 8. The van der Waals surface area contributed by atoms with Gasteiger partial charge < -0.3 is 37.0 Å². The fourth-order valence-corrected chi connectivity index (χ4v) is 6.97. The van der Waals surface area contributed by atoms with E-state index in [9.17, 15) is 0 Å². The lowest BCUT2D eigenvalue weighted by Crippen LogP contribution is -2.42. The number of ether oxygens (including phenoxy) is 5. The zero-order chi connectivity index (χ0) is 32.1. The van der Waals surface area contributed by atoms with Crippen molar-refractivity contribution in [1.82, 2.24) is 0 Å². The van der Waals surface area contributed by atoms with Gasteiger partial charge in [-0.05, 0) is 51.4 Å². The molecular formula is C35H74O8Si. The van der Waals surface area contributed by atoms with Gasteiger partial charge in [0.25, 0.3) is 0 Å². The molecule has 0 aromatic heterocycles. The van der Waals surface area contributed by atoms with Gasteiger partial charge in [0.2, 0.25) is 0 Å². The van der Waals surface area contributed by atoms with Crippen molar-refractivity contribution >= 4 is 8.80 Å². The van der Waals surface area contributed by atoms with Gasteiger partial charge in [0.05, 0.1) is 13.2 Å². The second-order valence-corrected chi connectivity index (χ2v) is 15.0. The third-order valence-electron chi connectivity index (χ3n) is 8.12. The van der Waals surface area contributed by atoms with Gasteiger partial charge in [0.15, 0.2) is 0 Å². The summed E-state index contributed by atoms with van der Waals surface area (Å²) >= 11 is 0. The molecule has 0 amide bonds. The van der Waals surface area contributed by atoms with Crippen LogP contribution in [0.1, 0.15) is 135 Å². The third-order valence-corrected chi connectivity index (χ3v) is 11.0. The molecule has 0 aliphatic carbocycles. The van der Waals surface area contributed by atoms with E-state index < -0.39 is 8.80 Å². The van der Waals surface area contributed by atoms with E-state index in [1.165, 1.54) is 116 Å². The molecule has 0 aliphatic rings. The number of rotatable bonds is 39. The highest BCUT2D eigenvalue weighted by Crippen LogP contribution is 2.18. The van der Waals surface area contributed by atoms with E-state index in [4.69, 9.17) is 37.0 Å². The van der Waals surface area contributed by atoms with Crippen molar-refractivity contribution in [3.63, 3.8) is 0 Å². The van der Waals surface area contributed by atoms with Gasteiger partial charge in [-0.15, -0.1) is 0 Å². The molecule has 9 heteroatoms. The largest absolute Gasteiger partial charge is 0.500 e. The average Bonchev–Trinajstić information content (AvgIpc) is 3.05. The summed E-state index contributed by atoms with van der Waals surface area (Å²) in [4.78, 5) is 0. The molecule has 0 atom stereocenters. The second kappa shape index (κ2) is 37.4. The maximum Gasteiger partial charge on any atom is 0.500 e. The lowest BCUT2D eigenvalue weighted by molar-refractivity contribution is 0.0680. The Morgan fingerprint density at radius 2 is 0.523 bits per heavy atom. The van der Waals surface area contributed by atoms with Crippen molar-refractivity contribution in [2.24, 2.45) is 0 Å². The maximum absolute atomic E-state index is 5.83. The third kappa shape index (κ3) is 31.9. The first kappa shape index (κ1) is 43.9. The Labute approximate surface area is 274 Å². The van der Waals surface area contributed by atoms with Crippen LogP contribution in [0.25, 0.3) is 0 Å². The molecule has 0 unspecified atom stereocenters. The Morgan fingerprint density at radius 1 is 0.273 bits per heavy atom. The number of hydrogen-bond donors (Lipinski definition) is 0. The molecule has 8 nitrogen and oxygen atoms in total. The summed E-state index contributed by atoms with van der Waals surface area (Å²) in [6.07, 6.45) is 25.9. The molecule has 44 heavy (non-hydrogen) atoms. The van der Waals surface area contributed by atoms with Crippen molar-refractivity contribution in [3.05, 3.63) is 0 Å². The molecular weight excluding hydrogens is 576 g/mol. The summed E-state index contributed by atoms with van der Waals surface area (Å²) < 4.78 is 44.3. The van der Waals surface area contributed by atoms with Gasteiger partial charge in [-0.1, -0.05) is 83.5 Å². The van der Waals surface area contributed by atoms with Gasteiger partial charge in [0, 0.05) is 80.7 Å². The van der Waals surface area contributed by atoms with Crippen molar-refractivity contribution in [3.8, 4) is 0 Å². The molecule has 0 aromatic carbocycles. The van der Waals surface area contributed by atoms with Crippen LogP contribution >= 0.6 is 0 Å². The maximum atomic E-state index is 5.83. The van der Waals surface area contributed by atoms with Crippen molar-refractivity contribution in [2.75, 3.05) is 87.9 Å². The highest BCUT2D eigenvalue weighted by atomic mass is 28.4. The van der Waals surface area contributed by atoms with Gasteiger partial charge in [-0.3, -0.25) is 0 Å². The Balaban J connectivity index is 3.11. The molecule has 0 saturated carbocycles. The van der Waals surface area contributed by atoms with E-state index in [-0.39, 0.29) is 0 Å². The first-order valence-electron chi connectivity index (χ1n) is 18.2. The molecule has 0 N–H and O–H groups in total. The van der Waals surface area contributed by atoms with Crippen LogP contribution in [0.3, 0.4) is 0 Å². The van der Waals surface area contributed by atoms with Gasteiger partial charge in [-0.25, -0.2) is 0 Å². The second-order valence-electron chi connectivity index (χ2n) is 11.9. The minimum Gasteiger partial charge on any atom is -0.382 e. The van der Waals surface area contributed by atoms with Crippen LogP contribution in [0.5, 0.6) is 0 Å². The molecule has 0 heterocycles. The number of methoxy groups -OCH3 is 1. The summed E-state index contributed by atoms with van der Waals surface area (Å²) in [6, 6.07) is 0.915. The van der Waals surface area contributed by atoms with E-state index in [1.807, 2.05) is 0 Å². The van der Waals surface area contributed by atoms with Crippen molar-refractivity contribution in [2.45, 2.75) is 141 Å². The molecule has 0 aliphatic heterocycles. The average molecular weight is 651 g/mol. The summed E-state index contributed by atoms with van der Waals surface area (Å²) in [5.74, 6) is 0. The zero-order valence-electron chi connectivity index (χ0n) is 29.7. The van der Waals surface area contributed by atoms with Gasteiger partial charge in [-0.2, -0.15) is 0 Å². The lowest BCUT2D eigenvalue weighted by Gasteiger charge is -2.24. The topological polar surface area (TPSA) is 73.8 Å². The van der Waals surface area contributed by atoms with Crippen LogP contribution in [0, 0.1) is 0 Å². The highest BCUT2D eigenvalue weighted by Gasteiger charge is 2.36. The predicted octanol–water partition coefficient (Wildman–Crippen LogP) is 8.77. The van der Waals surface area contributed by atoms with E-state index in [2.05, 4.69) is 0 Å². The first-order valence-corrected chi connectivity index (χ1v) is 20.1. The Kier molecular flexibility index (Phi) is 37.3. The summed E-state index contributed by atoms with van der Waals surface area (Å²) in [6.45, 7) is 7.67. The standard InChI is InChI=1S/C35H74O8Si/c1-36-33-34-43-32-24-16-15-23-31-42-30-22-14-13-21-29-41-28-20-12-11-19-27-40-26-18-10-8-6-5-7-9-17-25-35-44(37-2,38-3)39-4/h5-35H2,1-4H3. The molecule has 0 bridgehead atoms. The first-order chi connectivity index (χ1) is 21.7. The molecule has 0 spiro atoms. The molecule has 0 aromatic rings. The normalized spacial score (nSPS) is 12.0. The Hall–Kier alpha value is -0.103. The summed E-state index contributed by atoms with van der Waals surface area (Å²) in [5.41, 5.74) is 0. The van der Waals surface area contributed by atoms with E-state index >= 15 is 0 Å². The van der Waals surface area contributed by atoms with Crippen molar-refractivity contribution in [1.29, 1.82) is 0 Å². The minimum absolute atomic E-state index is 0.687. The molecule has 0 saturated heterocycles. The lowest BCUT2D eigenvalue weighted by atomic mass is 10.1. The monoisotopic (exact) mass is 651 g/mol. The highest BCUT2D eigenvalue weighted by molar-refractivity contribution is 6.60. The van der Waals surface area contributed by atoms with Gasteiger partial charge >= 0.3 is 8.80 Å². The summed E-state index contributed by atoms with van der Waals surface area (Å²) in [7, 11) is 4.42. The van der Waals surface area contributed by atoms with Crippen LogP contribution in [0.4, 0.5) is 0 Å². The summed E-state index contributed by atoms with van der Waals surface area (Å²) in [5, 5.41) is 0.